The zero-order chi connectivity index (χ0) is 18.0. The van der Waals surface area contributed by atoms with Crippen LogP contribution in [0.25, 0.3) is 11.1 Å². The molecule has 7 nitrogen and oxygen atoms in total. The van der Waals surface area contributed by atoms with Gasteiger partial charge >= 0.3 is 0 Å². The van der Waals surface area contributed by atoms with Crippen molar-refractivity contribution < 1.29 is 8.42 Å². The Balaban J connectivity index is 2.05. The van der Waals surface area contributed by atoms with Crippen molar-refractivity contribution in [1.29, 1.82) is 0 Å². The third kappa shape index (κ3) is 3.70. The summed E-state index contributed by atoms with van der Waals surface area (Å²) in [5.41, 5.74) is 7.47. The summed E-state index contributed by atoms with van der Waals surface area (Å²) in [4.78, 5) is 11.9. The second-order valence-electron chi connectivity index (χ2n) is 5.19. The highest BCUT2D eigenvalue weighted by molar-refractivity contribution is 7.92. The standard InChI is InChI=1S/C16H14ClN5O2S/c1-10-12(9-20-16(18)21-10)11-5-6-13(17)14(8-11)25(23,24)22-15-4-2-3-7-19-15/h2-9H,1H3,(H,19,22)(H2,18,20,21). The lowest BCUT2D eigenvalue weighted by Gasteiger charge is -2.11. The molecule has 0 aliphatic heterocycles. The van der Waals surface area contributed by atoms with Gasteiger partial charge in [0.25, 0.3) is 10.0 Å². The van der Waals surface area contributed by atoms with Gasteiger partial charge in [0, 0.05) is 18.0 Å². The maximum atomic E-state index is 12.7. The van der Waals surface area contributed by atoms with Crippen molar-refractivity contribution in [2.75, 3.05) is 10.5 Å². The number of nitrogens with one attached hydrogen (secondary N) is 1. The van der Waals surface area contributed by atoms with Gasteiger partial charge in [-0.15, -0.1) is 0 Å². The van der Waals surface area contributed by atoms with E-state index in [2.05, 4.69) is 19.7 Å². The summed E-state index contributed by atoms with van der Waals surface area (Å²) in [6, 6.07) is 9.60. The van der Waals surface area contributed by atoms with E-state index in [0.717, 1.165) is 0 Å². The number of sulfonamides is 1. The van der Waals surface area contributed by atoms with Crippen LogP contribution in [0.2, 0.25) is 5.02 Å². The van der Waals surface area contributed by atoms with E-state index in [1.165, 1.54) is 18.3 Å². The van der Waals surface area contributed by atoms with E-state index < -0.39 is 10.0 Å². The molecule has 0 saturated carbocycles. The topological polar surface area (TPSA) is 111 Å². The van der Waals surface area contributed by atoms with Crippen LogP contribution in [0.3, 0.4) is 0 Å². The fourth-order valence-electron chi connectivity index (χ4n) is 2.26. The highest BCUT2D eigenvalue weighted by Gasteiger charge is 2.20. The first-order chi connectivity index (χ1) is 11.9. The molecule has 0 atom stereocenters. The molecule has 2 aromatic heterocycles. The molecule has 0 fully saturated rings. The smallest absolute Gasteiger partial charge is 0.264 e. The molecule has 0 unspecified atom stereocenters. The first-order valence-electron chi connectivity index (χ1n) is 7.20. The van der Waals surface area contributed by atoms with E-state index in [4.69, 9.17) is 17.3 Å². The largest absolute Gasteiger partial charge is 0.368 e. The minimum absolute atomic E-state index is 0.0615. The van der Waals surface area contributed by atoms with Crippen LogP contribution in [-0.2, 0) is 10.0 Å². The van der Waals surface area contributed by atoms with Crippen LogP contribution in [0.5, 0.6) is 0 Å². The van der Waals surface area contributed by atoms with Crippen molar-refractivity contribution in [2.45, 2.75) is 11.8 Å². The van der Waals surface area contributed by atoms with Gasteiger partial charge in [0.2, 0.25) is 5.95 Å². The molecule has 0 bridgehead atoms. The van der Waals surface area contributed by atoms with Crippen molar-refractivity contribution in [3.8, 4) is 11.1 Å². The normalized spacial score (nSPS) is 11.3. The van der Waals surface area contributed by atoms with Gasteiger partial charge in [-0.2, -0.15) is 0 Å². The van der Waals surface area contributed by atoms with E-state index >= 15 is 0 Å². The summed E-state index contributed by atoms with van der Waals surface area (Å²) in [7, 11) is -3.91. The Bertz CT molecular complexity index is 1030. The van der Waals surface area contributed by atoms with Gasteiger partial charge in [-0.25, -0.2) is 23.4 Å². The quantitative estimate of drug-likeness (QED) is 0.725. The summed E-state index contributed by atoms with van der Waals surface area (Å²) >= 11 is 6.11. The number of aromatic nitrogens is 3. The summed E-state index contributed by atoms with van der Waals surface area (Å²) in [6.07, 6.45) is 3.04. The maximum absolute atomic E-state index is 12.7. The molecule has 0 amide bonds. The zero-order valence-corrected chi connectivity index (χ0v) is 14.7. The number of anilines is 2. The van der Waals surface area contributed by atoms with E-state index in [-0.39, 0.29) is 21.7 Å². The Morgan fingerprint density at radius 1 is 1.16 bits per heavy atom. The molecule has 0 aliphatic rings. The predicted octanol–water partition coefficient (Wildman–Crippen LogP) is 2.88. The van der Waals surface area contributed by atoms with Gasteiger partial charge < -0.3 is 5.73 Å². The summed E-state index contributed by atoms with van der Waals surface area (Å²) in [5.74, 6) is 0.357. The molecule has 0 spiro atoms. The average molecular weight is 376 g/mol. The van der Waals surface area contributed by atoms with Gasteiger partial charge in [0.15, 0.2) is 0 Å². The van der Waals surface area contributed by atoms with E-state index in [1.54, 1.807) is 37.4 Å². The molecule has 0 saturated heterocycles. The minimum Gasteiger partial charge on any atom is -0.368 e. The number of nitrogen functional groups attached to an aromatic ring is 1. The number of benzene rings is 1. The van der Waals surface area contributed by atoms with Crippen LogP contribution >= 0.6 is 11.6 Å². The molecule has 3 N–H and O–H groups in total. The van der Waals surface area contributed by atoms with Crippen molar-refractivity contribution in [3.05, 3.63) is 59.5 Å². The van der Waals surface area contributed by atoms with E-state index in [1.807, 2.05) is 0 Å². The highest BCUT2D eigenvalue weighted by Crippen LogP contribution is 2.30. The molecule has 3 aromatic rings. The number of hydrogen-bond donors (Lipinski definition) is 2. The zero-order valence-electron chi connectivity index (χ0n) is 13.1. The highest BCUT2D eigenvalue weighted by atomic mass is 35.5. The first-order valence-corrected chi connectivity index (χ1v) is 9.06. The molecular weight excluding hydrogens is 362 g/mol. The van der Waals surface area contributed by atoms with Crippen LogP contribution in [-0.4, -0.2) is 23.4 Å². The van der Waals surface area contributed by atoms with E-state index in [0.29, 0.717) is 16.8 Å². The number of aryl methyl sites for hydroxylation is 1. The first kappa shape index (κ1) is 17.1. The average Bonchev–Trinajstić information content (AvgIpc) is 2.56. The van der Waals surface area contributed by atoms with Gasteiger partial charge in [-0.1, -0.05) is 23.7 Å². The third-order valence-electron chi connectivity index (χ3n) is 3.43. The fraction of sp³-hybridized carbons (Fsp3) is 0.0625. The van der Waals surface area contributed by atoms with Crippen LogP contribution in [0.15, 0.2) is 53.7 Å². The third-order valence-corrected chi connectivity index (χ3v) is 5.27. The Kier molecular flexibility index (Phi) is 4.56. The number of halogens is 1. The Labute approximate surface area is 150 Å². The van der Waals surface area contributed by atoms with Crippen LogP contribution in [0, 0.1) is 6.92 Å². The molecule has 0 aliphatic carbocycles. The molecule has 128 valence electrons. The van der Waals surface area contributed by atoms with E-state index in [9.17, 15) is 8.42 Å². The number of rotatable bonds is 4. The number of nitrogens with two attached hydrogens (primary N) is 1. The maximum Gasteiger partial charge on any atom is 0.264 e. The summed E-state index contributed by atoms with van der Waals surface area (Å²) in [5, 5.41) is 0.0983. The van der Waals surface area contributed by atoms with Crippen LogP contribution in [0.1, 0.15) is 5.69 Å². The summed E-state index contributed by atoms with van der Waals surface area (Å²) in [6.45, 7) is 1.77. The molecule has 1 aromatic carbocycles. The lowest BCUT2D eigenvalue weighted by atomic mass is 10.1. The van der Waals surface area contributed by atoms with Crippen LogP contribution < -0.4 is 10.5 Å². The lowest BCUT2D eigenvalue weighted by Crippen LogP contribution is -2.14. The predicted molar refractivity (Wildman–Crippen MR) is 96.7 cm³/mol. The Hall–Kier alpha value is -2.71. The SMILES string of the molecule is Cc1nc(N)ncc1-c1ccc(Cl)c(S(=O)(=O)Nc2ccccn2)c1. The van der Waals surface area contributed by atoms with Crippen molar-refractivity contribution in [1.82, 2.24) is 15.0 Å². The van der Waals surface area contributed by atoms with Gasteiger partial charge in [0.1, 0.15) is 10.7 Å². The monoisotopic (exact) mass is 375 g/mol. The lowest BCUT2D eigenvalue weighted by molar-refractivity contribution is 0.601. The molecule has 0 radical (unpaired) electrons. The Morgan fingerprint density at radius 2 is 1.96 bits per heavy atom. The molecule has 25 heavy (non-hydrogen) atoms. The van der Waals surface area contributed by atoms with Crippen LogP contribution in [0.4, 0.5) is 11.8 Å². The van der Waals surface area contributed by atoms with Gasteiger partial charge in [-0.05, 0) is 36.8 Å². The minimum atomic E-state index is -3.91. The van der Waals surface area contributed by atoms with Crippen molar-refractivity contribution in [2.24, 2.45) is 0 Å². The van der Waals surface area contributed by atoms with Crippen molar-refractivity contribution in [3.63, 3.8) is 0 Å². The van der Waals surface area contributed by atoms with Gasteiger partial charge in [0.05, 0.1) is 10.7 Å². The Morgan fingerprint density at radius 3 is 2.64 bits per heavy atom. The second-order valence-corrected chi connectivity index (χ2v) is 7.25. The van der Waals surface area contributed by atoms with Gasteiger partial charge in [-0.3, -0.25) is 4.72 Å². The number of pyridine rings is 1. The second kappa shape index (κ2) is 6.66. The van der Waals surface area contributed by atoms with Crippen molar-refractivity contribution >= 4 is 33.4 Å². The molecule has 2 heterocycles. The molecular formula is C16H14ClN5O2S. The fourth-order valence-corrected chi connectivity index (χ4v) is 3.80. The molecule has 3 rings (SSSR count). The molecule has 9 heteroatoms. The number of hydrogen-bond acceptors (Lipinski definition) is 6. The number of nitrogens with zero attached hydrogens (tertiary/aromatic N) is 3. The summed E-state index contributed by atoms with van der Waals surface area (Å²) < 4.78 is 27.7.